The normalized spacial score (nSPS) is 20.2. The van der Waals surface area contributed by atoms with Crippen molar-refractivity contribution in [1.29, 1.82) is 0 Å². The fraction of sp³-hybridized carbons (Fsp3) is 0.310. The molecule has 2 aliphatic rings. The van der Waals surface area contributed by atoms with Gasteiger partial charge in [-0.2, -0.15) is 0 Å². The number of benzene rings is 3. The van der Waals surface area contributed by atoms with Crippen LogP contribution in [0.3, 0.4) is 0 Å². The lowest BCUT2D eigenvalue weighted by Gasteiger charge is -2.28. The number of carbonyl (C=O) groups excluding carboxylic acids is 2. The maximum atomic E-state index is 12.9. The maximum Gasteiger partial charge on any atom is 0.261 e. The molecule has 0 aromatic heterocycles. The number of fused-ring (bicyclic) bond motifs is 1. The van der Waals surface area contributed by atoms with E-state index < -0.39 is 0 Å². The van der Waals surface area contributed by atoms with Crippen LogP contribution in [0.5, 0.6) is 5.75 Å². The standard InChI is InChI=1S/C29H29NO3/c1-29(2,21-10-4-3-5-11-21)22-15-17-23(18-16-22)33-19-20-9-8-14-26(20)30-27(31)24-12-6-7-13-25(24)28(30)32/h3-7,10-13,15-18,20,26H,8-9,14,19H2,1-2H3/t20-,26-/m1/s1. The van der Waals surface area contributed by atoms with Crippen molar-refractivity contribution in [3.8, 4) is 5.75 Å². The minimum atomic E-state index is -0.167. The Morgan fingerprint density at radius 2 is 1.36 bits per heavy atom. The molecule has 0 saturated heterocycles. The van der Waals surface area contributed by atoms with Crippen LogP contribution in [0.4, 0.5) is 0 Å². The van der Waals surface area contributed by atoms with Gasteiger partial charge in [-0.25, -0.2) is 0 Å². The van der Waals surface area contributed by atoms with Gasteiger partial charge in [0.25, 0.3) is 11.8 Å². The van der Waals surface area contributed by atoms with E-state index in [0.717, 1.165) is 25.0 Å². The first-order valence-corrected chi connectivity index (χ1v) is 11.7. The van der Waals surface area contributed by atoms with Crippen LogP contribution in [0.1, 0.15) is 65.0 Å². The third-order valence-electron chi connectivity index (χ3n) is 7.31. The summed E-state index contributed by atoms with van der Waals surface area (Å²) in [6.07, 6.45) is 2.79. The van der Waals surface area contributed by atoms with Crippen LogP contribution in [0.2, 0.25) is 0 Å². The summed E-state index contributed by atoms with van der Waals surface area (Å²) in [5.41, 5.74) is 3.44. The third kappa shape index (κ3) is 3.84. The average Bonchev–Trinajstić information content (AvgIpc) is 3.40. The lowest BCUT2D eigenvalue weighted by molar-refractivity contribution is 0.0522. The highest BCUT2D eigenvalue weighted by Gasteiger charge is 2.44. The molecule has 0 radical (unpaired) electrons. The smallest absolute Gasteiger partial charge is 0.261 e. The Hall–Kier alpha value is -3.40. The van der Waals surface area contributed by atoms with Crippen molar-refractivity contribution in [2.45, 2.75) is 44.6 Å². The molecule has 2 atom stereocenters. The fourth-order valence-corrected chi connectivity index (χ4v) is 5.25. The summed E-state index contributed by atoms with van der Waals surface area (Å²) in [5, 5.41) is 0. The Morgan fingerprint density at radius 3 is 2.00 bits per heavy atom. The van der Waals surface area contributed by atoms with Gasteiger partial charge in [-0.05, 0) is 48.2 Å². The second kappa shape index (κ2) is 8.51. The first-order chi connectivity index (χ1) is 16.0. The van der Waals surface area contributed by atoms with Gasteiger partial charge in [-0.3, -0.25) is 14.5 Å². The van der Waals surface area contributed by atoms with Crippen LogP contribution in [-0.2, 0) is 5.41 Å². The highest BCUT2D eigenvalue weighted by Crippen LogP contribution is 2.36. The monoisotopic (exact) mass is 439 g/mol. The largest absolute Gasteiger partial charge is 0.493 e. The van der Waals surface area contributed by atoms with Crippen LogP contribution in [0.25, 0.3) is 0 Å². The van der Waals surface area contributed by atoms with Crippen molar-refractivity contribution in [2.75, 3.05) is 6.61 Å². The quantitative estimate of drug-likeness (QED) is 0.452. The number of ether oxygens (including phenoxy) is 1. The molecule has 168 valence electrons. The molecule has 3 aromatic carbocycles. The molecule has 0 spiro atoms. The van der Waals surface area contributed by atoms with Crippen LogP contribution >= 0.6 is 0 Å². The van der Waals surface area contributed by atoms with E-state index in [1.54, 1.807) is 12.1 Å². The molecule has 2 amide bonds. The molecule has 4 nitrogen and oxygen atoms in total. The molecule has 0 N–H and O–H groups in total. The van der Waals surface area contributed by atoms with Crippen LogP contribution < -0.4 is 4.74 Å². The second-order valence-electron chi connectivity index (χ2n) is 9.61. The minimum absolute atomic E-state index is 0.0954. The van der Waals surface area contributed by atoms with Gasteiger partial charge in [0.2, 0.25) is 0 Å². The van der Waals surface area contributed by atoms with Crippen LogP contribution in [0, 0.1) is 5.92 Å². The van der Waals surface area contributed by atoms with Crippen molar-refractivity contribution >= 4 is 11.8 Å². The lowest BCUT2D eigenvalue weighted by atomic mass is 9.78. The van der Waals surface area contributed by atoms with Gasteiger partial charge in [0.1, 0.15) is 5.75 Å². The van der Waals surface area contributed by atoms with Crippen LogP contribution in [0.15, 0.2) is 78.9 Å². The zero-order valence-electron chi connectivity index (χ0n) is 19.2. The SMILES string of the molecule is CC(C)(c1ccccc1)c1ccc(OC[C@H]2CCC[C@H]2N2C(=O)c3ccccc3C2=O)cc1. The van der Waals surface area contributed by atoms with E-state index in [1.807, 2.05) is 30.3 Å². The average molecular weight is 440 g/mol. The van der Waals surface area contributed by atoms with Gasteiger partial charge >= 0.3 is 0 Å². The zero-order chi connectivity index (χ0) is 23.0. The molecule has 3 aromatic rings. The summed E-state index contributed by atoms with van der Waals surface area (Å²) < 4.78 is 6.15. The summed E-state index contributed by atoms with van der Waals surface area (Å²) in [6.45, 7) is 4.95. The van der Waals surface area contributed by atoms with Gasteiger partial charge in [0, 0.05) is 17.4 Å². The van der Waals surface area contributed by atoms with Crippen molar-refractivity contribution in [1.82, 2.24) is 4.90 Å². The van der Waals surface area contributed by atoms with E-state index in [4.69, 9.17) is 4.74 Å². The summed E-state index contributed by atoms with van der Waals surface area (Å²) in [6, 6.07) is 25.8. The molecule has 1 aliphatic carbocycles. The van der Waals surface area contributed by atoms with Crippen molar-refractivity contribution in [3.63, 3.8) is 0 Å². The van der Waals surface area contributed by atoms with Gasteiger partial charge < -0.3 is 4.74 Å². The third-order valence-corrected chi connectivity index (χ3v) is 7.31. The van der Waals surface area contributed by atoms with Crippen LogP contribution in [-0.4, -0.2) is 29.4 Å². The van der Waals surface area contributed by atoms with Gasteiger partial charge in [-0.1, -0.05) is 74.9 Å². The molecule has 0 bridgehead atoms. The van der Waals surface area contributed by atoms with E-state index in [1.165, 1.54) is 16.0 Å². The summed E-state index contributed by atoms with van der Waals surface area (Å²) in [4.78, 5) is 27.3. The molecule has 5 rings (SSSR count). The predicted octanol–water partition coefficient (Wildman–Crippen LogP) is 5.86. The Morgan fingerprint density at radius 1 is 0.788 bits per heavy atom. The van der Waals surface area contributed by atoms with Gasteiger partial charge in [0.15, 0.2) is 0 Å². The number of rotatable bonds is 6. The first kappa shape index (κ1) is 21.4. The molecule has 1 aliphatic heterocycles. The number of imide groups is 1. The molecule has 1 saturated carbocycles. The Bertz CT molecular complexity index is 1130. The molecule has 0 unspecified atom stereocenters. The van der Waals surface area contributed by atoms with E-state index in [9.17, 15) is 9.59 Å². The number of hydrogen-bond donors (Lipinski definition) is 0. The predicted molar refractivity (Wildman–Crippen MR) is 129 cm³/mol. The topological polar surface area (TPSA) is 46.6 Å². The Balaban J connectivity index is 1.26. The highest BCUT2D eigenvalue weighted by atomic mass is 16.5. The molecule has 4 heteroatoms. The molecule has 1 heterocycles. The lowest BCUT2D eigenvalue weighted by Crippen LogP contribution is -2.43. The van der Waals surface area contributed by atoms with E-state index >= 15 is 0 Å². The van der Waals surface area contributed by atoms with Gasteiger partial charge in [0.05, 0.1) is 17.7 Å². The van der Waals surface area contributed by atoms with Crippen molar-refractivity contribution < 1.29 is 14.3 Å². The molecule has 33 heavy (non-hydrogen) atoms. The number of amides is 2. The summed E-state index contributed by atoms with van der Waals surface area (Å²) in [7, 11) is 0. The molecular weight excluding hydrogens is 410 g/mol. The summed E-state index contributed by atoms with van der Waals surface area (Å²) >= 11 is 0. The zero-order valence-corrected chi connectivity index (χ0v) is 19.2. The Labute approximate surface area is 195 Å². The number of nitrogens with zero attached hydrogens (tertiary/aromatic N) is 1. The van der Waals surface area contributed by atoms with Gasteiger partial charge in [-0.15, -0.1) is 0 Å². The maximum absolute atomic E-state index is 12.9. The first-order valence-electron chi connectivity index (χ1n) is 11.7. The minimum Gasteiger partial charge on any atom is -0.493 e. The fourth-order valence-electron chi connectivity index (χ4n) is 5.25. The second-order valence-corrected chi connectivity index (χ2v) is 9.61. The number of hydrogen-bond acceptors (Lipinski definition) is 3. The number of carbonyl (C=O) groups is 2. The Kier molecular flexibility index (Phi) is 5.53. The molecule has 1 fully saturated rings. The van der Waals surface area contributed by atoms with E-state index in [2.05, 4.69) is 50.2 Å². The van der Waals surface area contributed by atoms with Crippen molar-refractivity contribution in [2.24, 2.45) is 5.92 Å². The van der Waals surface area contributed by atoms with E-state index in [-0.39, 0.29) is 29.2 Å². The molecular formula is C29H29NO3. The summed E-state index contributed by atoms with van der Waals surface area (Å²) in [5.74, 6) is 0.628. The van der Waals surface area contributed by atoms with E-state index in [0.29, 0.717) is 17.7 Å². The highest BCUT2D eigenvalue weighted by molar-refractivity contribution is 6.21. The van der Waals surface area contributed by atoms with Crippen molar-refractivity contribution in [3.05, 3.63) is 101 Å².